The molecule has 1 heterocycles. The molecule has 2 nitrogen and oxygen atoms in total. The van der Waals surface area contributed by atoms with Crippen molar-refractivity contribution in [3.05, 3.63) is 0 Å². The van der Waals surface area contributed by atoms with E-state index in [1.54, 1.807) is 0 Å². The molecule has 1 aliphatic heterocycles. The molecule has 4 unspecified atom stereocenters. The molecule has 0 N–H and O–H groups in total. The predicted octanol–water partition coefficient (Wildman–Crippen LogP) is 2.00. The van der Waals surface area contributed by atoms with Crippen molar-refractivity contribution in [1.82, 2.24) is 4.90 Å². The topological polar surface area (TPSA) is 12.5 Å². The van der Waals surface area contributed by atoms with Crippen molar-refractivity contribution in [2.45, 2.75) is 45.9 Å². The van der Waals surface area contributed by atoms with E-state index in [-0.39, 0.29) is 0 Å². The first-order valence-electron chi connectivity index (χ1n) is 5.88. The number of rotatable bonds is 3. The van der Waals surface area contributed by atoms with E-state index in [1.165, 1.54) is 6.54 Å². The molecule has 14 heavy (non-hydrogen) atoms. The third kappa shape index (κ3) is 1.59. The number of piperidine rings is 1. The lowest BCUT2D eigenvalue weighted by atomic mass is 10.1. The molecule has 82 valence electrons. The Morgan fingerprint density at radius 1 is 1.29 bits per heavy atom. The van der Waals surface area contributed by atoms with Gasteiger partial charge in [0.1, 0.15) is 0 Å². The van der Waals surface area contributed by atoms with Gasteiger partial charge >= 0.3 is 0 Å². The highest BCUT2D eigenvalue weighted by Gasteiger charge is 2.59. The Kier molecular flexibility index (Phi) is 2.61. The quantitative estimate of drug-likeness (QED) is 0.686. The van der Waals surface area contributed by atoms with Gasteiger partial charge in [0.15, 0.2) is 0 Å². The average molecular weight is 197 g/mol. The summed E-state index contributed by atoms with van der Waals surface area (Å²) >= 11 is 0. The van der Waals surface area contributed by atoms with E-state index >= 15 is 0 Å². The maximum Gasteiger partial charge on any atom is 0.0708 e. The van der Waals surface area contributed by atoms with Crippen LogP contribution in [0.2, 0.25) is 0 Å². The fourth-order valence-electron chi connectivity index (χ4n) is 3.36. The first kappa shape index (κ1) is 10.4. The average Bonchev–Trinajstić information content (AvgIpc) is 2.58. The fraction of sp³-hybridized carbons (Fsp3) is 1.00. The Morgan fingerprint density at radius 2 is 1.93 bits per heavy atom. The molecule has 2 aliphatic rings. The number of likely N-dealkylation sites (tertiary alicyclic amines) is 1. The normalized spacial score (nSPS) is 44.1. The first-order valence-corrected chi connectivity index (χ1v) is 5.88. The number of nitrogens with zero attached hydrogens (tertiary/aromatic N) is 1. The van der Waals surface area contributed by atoms with Crippen LogP contribution in [0.25, 0.3) is 0 Å². The second kappa shape index (κ2) is 3.49. The maximum atomic E-state index is 5.91. The van der Waals surface area contributed by atoms with E-state index in [2.05, 4.69) is 39.6 Å². The molecule has 0 radical (unpaired) electrons. The fourth-order valence-corrected chi connectivity index (χ4v) is 3.36. The van der Waals surface area contributed by atoms with Crippen molar-refractivity contribution >= 4 is 0 Å². The molecule has 1 aliphatic carbocycles. The highest BCUT2D eigenvalue weighted by Crippen LogP contribution is 2.55. The van der Waals surface area contributed by atoms with Crippen molar-refractivity contribution in [2.75, 3.05) is 13.6 Å². The van der Waals surface area contributed by atoms with Gasteiger partial charge in [0.2, 0.25) is 0 Å². The first-order chi connectivity index (χ1) is 6.52. The van der Waals surface area contributed by atoms with Gasteiger partial charge in [-0.1, -0.05) is 6.92 Å². The van der Waals surface area contributed by atoms with E-state index in [4.69, 9.17) is 4.74 Å². The van der Waals surface area contributed by atoms with Crippen molar-refractivity contribution in [3.8, 4) is 0 Å². The summed E-state index contributed by atoms with van der Waals surface area (Å²) in [6, 6.07) is 0.664. The Labute approximate surface area is 87.6 Å². The predicted molar refractivity (Wildman–Crippen MR) is 58.2 cm³/mol. The van der Waals surface area contributed by atoms with Crippen molar-refractivity contribution < 1.29 is 4.74 Å². The van der Waals surface area contributed by atoms with Crippen LogP contribution in [0.3, 0.4) is 0 Å². The number of hydrogen-bond acceptors (Lipinski definition) is 2. The molecule has 0 aromatic heterocycles. The van der Waals surface area contributed by atoms with E-state index in [0.29, 0.717) is 18.2 Å². The molecular formula is C12H23NO. The van der Waals surface area contributed by atoms with Crippen LogP contribution >= 0.6 is 0 Å². The standard InChI is InChI=1S/C12H23NO/c1-7(2)14-9(4)12-11-8(3)10(11)6-13(12)5/h7-12H,6H2,1-5H3/t8?,9-,10?,11?,12?/m0/s1. The Morgan fingerprint density at radius 3 is 2.43 bits per heavy atom. The summed E-state index contributed by atoms with van der Waals surface area (Å²) in [6.45, 7) is 10.1. The molecule has 0 spiro atoms. The van der Waals surface area contributed by atoms with Crippen molar-refractivity contribution in [1.29, 1.82) is 0 Å². The zero-order valence-corrected chi connectivity index (χ0v) is 10.0. The summed E-state index contributed by atoms with van der Waals surface area (Å²) in [5.74, 6) is 2.81. The third-order valence-electron chi connectivity index (χ3n) is 4.01. The Balaban J connectivity index is 1.95. The zero-order chi connectivity index (χ0) is 10.5. The van der Waals surface area contributed by atoms with Crippen LogP contribution in [-0.2, 0) is 4.74 Å². The lowest BCUT2D eigenvalue weighted by molar-refractivity contribution is -0.0291. The Hall–Kier alpha value is -0.0800. The summed E-state index contributed by atoms with van der Waals surface area (Å²) in [6.07, 6.45) is 0.742. The monoisotopic (exact) mass is 197 g/mol. The Bertz CT molecular complexity index is 216. The SMILES string of the molecule is CC(C)O[C@@H](C)C1C2C(C)C2CN1C. The molecular weight excluding hydrogens is 174 g/mol. The van der Waals surface area contributed by atoms with Crippen LogP contribution in [0.1, 0.15) is 27.7 Å². The van der Waals surface area contributed by atoms with Crippen LogP contribution in [0.5, 0.6) is 0 Å². The molecule has 2 fully saturated rings. The van der Waals surface area contributed by atoms with Gasteiger partial charge in [-0.15, -0.1) is 0 Å². The van der Waals surface area contributed by atoms with Crippen LogP contribution in [-0.4, -0.2) is 36.7 Å². The number of hydrogen-bond donors (Lipinski definition) is 0. The van der Waals surface area contributed by atoms with Crippen LogP contribution < -0.4 is 0 Å². The molecule has 2 heteroatoms. The second-order valence-electron chi connectivity index (χ2n) is 5.42. The van der Waals surface area contributed by atoms with E-state index in [0.717, 1.165) is 17.8 Å². The van der Waals surface area contributed by atoms with Gasteiger partial charge in [-0.25, -0.2) is 0 Å². The number of ether oxygens (including phenoxy) is 1. The number of likely N-dealkylation sites (N-methyl/N-ethyl adjacent to an activating group) is 1. The molecule has 0 bridgehead atoms. The minimum absolute atomic E-state index is 0.353. The van der Waals surface area contributed by atoms with Gasteiger partial charge in [-0.2, -0.15) is 0 Å². The summed E-state index contributed by atoms with van der Waals surface area (Å²) < 4.78 is 5.91. The van der Waals surface area contributed by atoms with Crippen LogP contribution in [0.15, 0.2) is 0 Å². The van der Waals surface area contributed by atoms with Gasteiger partial charge in [0.25, 0.3) is 0 Å². The molecule has 5 atom stereocenters. The van der Waals surface area contributed by atoms with Crippen molar-refractivity contribution in [2.24, 2.45) is 17.8 Å². The summed E-state index contributed by atoms with van der Waals surface area (Å²) in [5.41, 5.74) is 0. The van der Waals surface area contributed by atoms with Gasteiger partial charge in [0, 0.05) is 12.6 Å². The maximum absolute atomic E-state index is 5.91. The minimum Gasteiger partial charge on any atom is -0.374 e. The smallest absolute Gasteiger partial charge is 0.0708 e. The highest BCUT2D eigenvalue weighted by molar-refractivity contribution is 5.09. The minimum atomic E-state index is 0.353. The van der Waals surface area contributed by atoms with Crippen LogP contribution in [0.4, 0.5) is 0 Å². The molecule has 0 aromatic rings. The van der Waals surface area contributed by atoms with E-state index in [9.17, 15) is 0 Å². The second-order valence-corrected chi connectivity index (χ2v) is 5.42. The lowest BCUT2D eigenvalue weighted by Gasteiger charge is -2.31. The van der Waals surface area contributed by atoms with Gasteiger partial charge in [0.05, 0.1) is 12.2 Å². The van der Waals surface area contributed by atoms with Crippen molar-refractivity contribution in [3.63, 3.8) is 0 Å². The molecule has 1 saturated heterocycles. The molecule has 0 amide bonds. The van der Waals surface area contributed by atoms with Gasteiger partial charge in [-0.05, 0) is 45.6 Å². The molecule has 0 aromatic carbocycles. The van der Waals surface area contributed by atoms with Gasteiger partial charge in [-0.3, -0.25) is 0 Å². The lowest BCUT2D eigenvalue weighted by Crippen LogP contribution is -2.41. The van der Waals surface area contributed by atoms with Gasteiger partial charge < -0.3 is 9.64 Å². The third-order valence-corrected chi connectivity index (χ3v) is 4.01. The summed E-state index contributed by atoms with van der Waals surface area (Å²) in [5, 5.41) is 0. The largest absolute Gasteiger partial charge is 0.374 e. The zero-order valence-electron chi connectivity index (χ0n) is 10.0. The van der Waals surface area contributed by atoms with E-state index < -0.39 is 0 Å². The summed E-state index contributed by atoms with van der Waals surface area (Å²) in [4.78, 5) is 2.49. The number of fused-ring (bicyclic) bond motifs is 1. The molecule has 1 saturated carbocycles. The van der Waals surface area contributed by atoms with Crippen LogP contribution in [0, 0.1) is 17.8 Å². The molecule has 2 rings (SSSR count). The van der Waals surface area contributed by atoms with E-state index in [1.807, 2.05) is 0 Å². The highest BCUT2D eigenvalue weighted by atomic mass is 16.5. The summed E-state index contributed by atoms with van der Waals surface area (Å²) in [7, 11) is 2.24.